The first-order valence-corrected chi connectivity index (χ1v) is 9.83. The van der Waals surface area contributed by atoms with Gasteiger partial charge in [0.15, 0.2) is 0 Å². The zero-order chi connectivity index (χ0) is 19.8. The number of halogens is 3. The van der Waals surface area contributed by atoms with E-state index in [-0.39, 0.29) is 5.56 Å². The molecule has 0 saturated carbocycles. The molecular formula is C21H17ClF2N2OS. The molecule has 2 N–H and O–H groups in total. The number of rotatable bonds is 4. The maximum Gasteiger partial charge on any atom is 0.134 e. The van der Waals surface area contributed by atoms with Gasteiger partial charge >= 0.3 is 0 Å². The second-order valence-electron chi connectivity index (χ2n) is 6.50. The Balaban J connectivity index is 1.96. The van der Waals surface area contributed by atoms with Crippen molar-refractivity contribution in [2.75, 3.05) is 6.54 Å². The molecule has 0 amide bonds. The molecular weight excluding hydrogens is 402 g/mol. The van der Waals surface area contributed by atoms with Gasteiger partial charge in [-0.25, -0.2) is 8.78 Å². The number of aliphatic hydroxyl groups excluding tert-OH is 1. The maximum atomic E-state index is 14.6. The summed E-state index contributed by atoms with van der Waals surface area (Å²) < 4.78 is 30.5. The first-order valence-electron chi connectivity index (χ1n) is 8.64. The molecule has 28 heavy (non-hydrogen) atoms. The Morgan fingerprint density at radius 3 is 2.68 bits per heavy atom. The van der Waals surface area contributed by atoms with Crippen molar-refractivity contribution in [1.29, 1.82) is 0 Å². The number of aliphatic hydroxyl groups is 1. The van der Waals surface area contributed by atoms with E-state index in [0.717, 1.165) is 16.6 Å². The zero-order valence-electron chi connectivity index (χ0n) is 14.9. The summed E-state index contributed by atoms with van der Waals surface area (Å²) in [6.07, 6.45) is 6.23. The van der Waals surface area contributed by atoms with E-state index in [2.05, 4.69) is 5.32 Å². The summed E-state index contributed by atoms with van der Waals surface area (Å²) >= 11 is 7.50. The molecule has 1 aromatic carbocycles. The number of thiophene rings is 1. The molecule has 0 bridgehead atoms. The molecule has 144 valence electrons. The van der Waals surface area contributed by atoms with Gasteiger partial charge in [-0.2, -0.15) is 0 Å². The van der Waals surface area contributed by atoms with Crippen LogP contribution in [0.4, 0.5) is 8.78 Å². The number of hydrogen-bond acceptors (Lipinski definition) is 3. The van der Waals surface area contributed by atoms with Crippen LogP contribution in [0.5, 0.6) is 0 Å². The monoisotopic (exact) mass is 418 g/mol. The quantitative estimate of drug-likeness (QED) is 0.593. The van der Waals surface area contributed by atoms with Gasteiger partial charge in [-0.05, 0) is 24.3 Å². The average Bonchev–Trinajstić information content (AvgIpc) is 3.24. The molecule has 0 saturated heterocycles. The third kappa shape index (κ3) is 3.39. The highest BCUT2D eigenvalue weighted by atomic mass is 35.5. The van der Waals surface area contributed by atoms with E-state index in [9.17, 15) is 13.9 Å². The molecule has 0 spiro atoms. The van der Waals surface area contributed by atoms with Crippen LogP contribution < -0.4 is 5.32 Å². The van der Waals surface area contributed by atoms with Crippen LogP contribution in [0.2, 0.25) is 4.34 Å². The summed E-state index contributed by atoms with van der Waals surface area (Å²) in [5, 5.41) is 14.3. The van der Waals surface area contributed by atoms with Crippen molar-refractivity contribution < 1.29 is 13.9 Å². The Labute approximate surface area is 170 Å². The van der Waals surface area contributed by atoms with E-state index in [0.29, 0.717) is 27.6 Å². The number of hydrogen-bond donors (Lipinski definition) is 2. The van der Waals surface area contributed by atoms with Gasteiger partial charge in [-0.1, -0.05) is 23.8 Å². The molecule has 3 aromatic rings. The van der Waals surface area contributed by atoms with Crippen LogP contribution in [0.1, 0.15) is 11.7 Å². The highest BCUT2D eigenvalue weighted by Crippen LogP contribution is 2.44. The molecule has 0 fully saturated rings. The van der Waals surface area contributed by atoms with E-state index >= 15 is 0 Å². The second kappa shape index (κ2) is 7.54. The van der Waals surface area contributed by atoms with Crippen LogP contribution in [0.3, 0.4) is 0 Å². The summed E-state index contributed by atoms with van der Waals surface area (Å²) in [7, 11) is 1.83. The molecule has 3 nitrogen and oxygen atoms in total. The molecule has 0 radical (unpaired) electrons. The van der Waals surface area contributed by atoms with E-state index in [1.807, 2.05) is 29.8 Å². The molecule has 1 unspecified atom stereocenters. The van der Waals surface area contributed by atoms with Gasteiger partial charge in [0.25, 0.3) is 0 Å². The lowest BCUT2D eigenvalue weighted by Gasteiger charge is -2.19. The van der Waals surface area contributed by atoms with Gasteiger partial charge in [0.1, 0.15) is 17.7 Å². The largest absolute Gasteiger partial charge is 0.387 e. The topological polar surface area (TPSA) is 37.2 Å². The predicted molar refractivity (Wildman–Crippen MR) is 109 cm³/mol. The second-order valence-corrected chi connectivity index (χ2v) is 8.22. The van der Waals surface area contributed by atoms with Gasteiger partial charge in [0.05, 0.1) is 14.9 Å². The van der Waals surface area contributed by atoms with E-state index in [1.54, 1.807) is 18.5 Å². The summed E-state index contributed by atoms with van der Waals surface area (Å²) in [5.74, 6) is -1.33. The molecule has 1 aliphatic heterocycles. The van der Waals surface area contributed by atoms with Crippen molar-refractivity contribution in [1.82, 2.24) is 9.88 Å². The molecule has 4 rings (SSSR count). The van der Waals surface area contributed by atoms with Crippen LogP contribution in [0.15, 0.2) is 60.5 Å². The molecule has 0 aliphatic carbocycles. The van der Waals surface area contributed by atoms with E-state index < -0.39 is 17.7 Å². The Bertz CT molecular complexity index is 1100. The average molecular weight is 419 g/mol. The third-order valence-corrected chi connectivity index (χ3v) is 5.89. The van der Waals surface area contributed by atoms with Gasteiger partial charge < -0.3 is 15.0 Å². The SMILES string of the molecule is Cn1cc(-c2ccc(F)cc2F)c(C(O)C2=CNCC=C2)c1-c1ccc(Cl)s1. The van der Waals surface area contributed by atoms with E-state index in [4.69, 9.17) is 11.6 Å². The van der Waals surface area contributed by atoms with Crippen LogP contribution in [-0.4, -0.2) is 16.2 Å². The maximum absolute atomic E-state index is 14.6. The highest BCUT2D eigenvalue weighted by molar-refractivity contribution is 7.19. The van der Waals surface area contributed by atoms with Crippen molar-refractivity contribution >= 4 is 22.9 Å². The van der Waals surface area contributed by atoms with Gasteiger partial charge in [-0.15, -0.1) is 11.3 Å². The zero-order valence-corrected chi connectivity index (χ0v) is 16.5. The van der Waals surface area contributed by atoms with Crippen molar-refractivity contribution in [3.8, 4) is 21.7 Å². The highest BCUT2D eigenvalue weighted by Gasteiger charge is 2.27. The first kappa shape index (κ1) is 18.9. The lowest BCUT2D eigenvalue weighted by atomic mass is 9.93. The van der Waals surface area contributed by atoms with Crippen LogP contribution in [-0.2, 0) is 7.05 Å². The molecule has 1 atom stereocenters. The minimum Gasteiger partial charge on any atom is -0.387 e. The normalized spacial score (nSPS) is 14.7. The molecule has 2 aromatic heterocycles. The molecule has 3 heterocycles. The fraction of sp³-hybridized carbons (Fsp3) is 0.143. The smallest absolute Gasteiger partial charge is 0.134 e. The predicted octanol–water partition coefficient (Wildman–Crippen LogP) is 5.43. The Hall–Kier alpha value is -2.41. The summed E-state index contributed by atoms with van der Waals surface area (Å²) in [5.41, 5.74) is 2.68. The van der Waals surface area contributed by atoms with Crippen molar-refractivity contribution in [2.45, 2.75) is 6.10 Å². The van der Waals surface area contributed by atoms with Crippen molar-refractivity contribution in [3.63, 3.8) is 0 Å². The fourth-order valence-corrected chi connectivity index (χ4v) is 4.56. The minimum atomic E-state index is -0.999. The fourth-order valence-electron chi connectivity index (χ4n) is 3.42. The number of dihydropyridines is 1. The van der Waals surface area contributed by atoms with Crippen LogP contribution >= 0.6 is 22.9 Å². The Morgan fingerprint density at radius 2 is 2.04 bits per heavy atom. The van der Waals surface area contributed by atoms with Gasteiger partial charge in [0.2, 0.25) is 0 Å². The standard InChI is InChI=1S/C21H17ClF2N2OS/c1-26-11-15(14-5-4-13(23)9-16(14)24)19(20(26)17-6-7-18(22)28-17)21(27)12-3-2-8-25-10-12/h2-7,9-11,21,25,27H,8H2,1H3. The van der Waals surface area contributed by atoms with Crippen molar-refractivity contribution in [3.05, 3.63) is 82.0 Å². The lowest BCUT2D eigenvalue weighted by Crippen LogP contribution is -2.13. The van der Waals surface area contributed by atoms with Crippen LogP contribution in [0, 0.1) is 11.6 Å². The minimum absolute atomic E-state index is 0.230. The summed E-state index contributed by atoms with van der Waals surface area (Å²) in [4.78, 5) is 0.851. The molecule has 1 aliphatic rings. The number of aromatic nitrogens is 1. The number of benzene rings is 1. The summed E-state index contributed by atoms with van der Waals surface area (Å²) in [6, 6.07) is 7.10. The van der Waals surface area contributed by atoms with Crippen molar-refractivity contribution in [2.24, 2.45) is 7.05 Å². The molecule has 7 heteroatoms. The third-order valence-electron chi connectivity index (χ3n) is 4.65. The number of nitrogens with zero attached hydrogens (tertiary/aromatic N) is 1. The van der Waals surface area contributed by atoms with Gasteiger partial charge in [0, 0.05) is 54.3 Å². The Morgan fingerprint density at radius 1 is 1.21 bits per heavy atom. The van der Waals surface area contributed by atoms with E-state index in [1.165, 1.54) is 23.5 Å². The van der Waals surface area contributed by atoms with Gasteiger partial charge in [-0.3, -0.25) is 0 Å². The van der Waals surface area contributed by atoms with Crippen LogP contribution in [0.25, 0.3) is 21.7 Å². The number of aryl methyl sites for hydroxylation is 1. The number of nitrogens with one attached hydrogen (secondary N) is 1. The Kier molecular flexibility index (Phi) is 5.10. The lowest BCUT2D eigenvalue weighted by molar-refractivity contribution is 0.219. The first-order chi connectivity index (χ1) is 13.5. The summed E-state index contributed by atoms with van der Waals surface area (Å²) in [6.45, 7) is 0.678.